The Balaban J connectivity index is 1.90. The van der Waals surface area contributed by atoms with E-state index in [1.54, 1.807) is 0 Å². The Bertz CT molecular complexity index is 280. The maximum atomic E-state index is 6.11. The molecule has 0 bridgehead atoms. The van der Waals surface area contributed by atoms with Gasteiger partial charge in [0.15, 0.2) is 0 Å². The van der Waals surface area contributed by atoms with Crippen molar-refractivity contribution in [2.75, 3.05) is 26.2 Å². The lowest BCUT2D eigenvalue weighted by molar-refractivity contribution is -0.0643. The molecule has 18 heavy (non-hydrogen) atoms. The Morgan fingerprint density at radius 1 is 1.56 bits per heavy atom. The van der Waals surface area contributed by atoms with E-state index in [1.165, 1.54) is 31.4 Å². The molecule has 3 unspecified atom stereocenters. The first kappa shape index (κ1) is 14.0. The number of nitrogens with one attached hydrogen (secondary N) is 1. The van der Waals surface area contributed by atoms with Gasteiger partial charge in [0.05, 0.1) is 12.7 Å². The highest BCUT2D eigenvalue weighted by atomic mass is 16.5. The smallest absolute Gasteiger partial charge is 0.0858 e. The quantitative estimate of drug-likeness (QED) is 0.733. The van der Waals surface area contributed by atoms with Gasteiger partial charge >= 0.3 is 0 Å². The van der Waals surface area contributed by atoms with Gasteiger partial charge in [-0.05, 0) is 45.7 Å². The van der Waals surface area contributed by atoms with Gasteiger partial charge in [-0.3, -0.25) is 4.90 Å². The molecule has 2 aliphatic heterocycles. The number of nitrogens with zero attached hydrogens (tertiary/aromatic N) is 1. The van der Waals surface area contributed by atoms with Gasteiger partial charge in [-0.15, -0.1) is 6.58 Å². The molecule has 2 rings (SSSR count). The van der Waals surface area contributed by atoms with Crippen LogP contribution in [0.4, 0.5) is 0 Å². The van der Waals surface area contributed by atoms with Crippen molar-refractivity contribution in [3.8, 4) is 0 Å². The molecule has 3 atom stereocenters. The Hall–Kier alpha value is -0.380. The van der Waals surface area contributed by atoms with Crippen molar-refractivity contribution >= 4 is 0 Å². The van der Waals surface area contributed by atoms with Crippen LogP contribution < -0.4 is 5.32 Å². The van der Waals surface area contributed by atoms with Crippen LogP contribution in [0.3, 0.4) is 0 Å². The summed E-state index contributed by atoms with van der Waals surface area (Å²) in [6.45, 7) is 12.7. The second kappa shape index (κ2) is 6.69. The Kier molecular flexibility index (Phi) is 5.22. The second-order valence-corrected chi connectivity index (χ2v) is 5.88. The monoisotopic (exact) mass is 252 g/mol. The number of fused-ring (bicyclic) bond motifs is 1. The zero-order valence-electron chi connectivity index (χ0n) is 12.0. The minimum atomic E-state index is 0.336. The maximum absolute atomic E-state index is 6.11. The predicted molar refractivity (Wildman–Crippen MR) is 75.8 cm³/mol. The molecule has 2 heterocycles. The minimum absolute atomic E-state index is 0.336. The van der Waals surface area contributed by atoms with Crippen molar-refractivity contribution in [2.24, 2.45) is 0 Å². The van der Waals surface area contributed by atoms with Gasteiger partial charge in [0.1, 0.15) is 0 Å². The van der Waals surface area contributed by atoms with Gasteiger partial charge in [0, 0.05) is 18.6 Å². The molecular weight excluding hydrogens is 224 g/mol. The van der Waals surface area contributed by atoms with Crippen LogP contribution in [0.2, 0.25) is 0 Å². The van der Waals surface area contributed by atoms with Crippen LogP contribution in [0.1, 0.15) is 39.5 Å². The summed E-state index contributed by atoms with van der Waals surface area (Å²) in [5.74, 6) is 0. The Morgan fingerprint density at radius 2 is 2.39 bits per heavy atom. The van der Waals surface area contributed by atoms with Crippen LogP contribution in [0, 0.1) is 0 Å². The summed E-state index contributed by atoms with van der Waals surface area (Å²) in [6, 6.07) is 1.13. The molecule has 3 heteroatoms. The van der Waals surface area contributed by atoms with E-state index in [4.69, 9.17) is 4.74 Å². The summed E-state index contributed by atoms with van der Waals surface area (Å²) in [4.78, 5) is 2.62. The van der Waals surface area contributed by atoms with E-state index < -0.39 is 0 Å². The first-order valence-electron chi connectivity index (χ1n) is 7.44. The first-order chi connectivity index (χ1) is 8.70. The molecule has 0 aromatic heterocycles. The third-order valence-corrected chi connectivity index (χ3v) is 4.09. The summed E-state index contributed by atoms with van der Waals surface area (Å²) in [7, 11) is 0. The van der Waals surface area contributed by atoms with Gasteiger partial charge in [-0.1, -0.05) is 12.5 Å². The lowest BCUT2D eigenvalue weighted by Crippen LogP contribution is -2.54. The fourth-order valence-electron chi connectivity index (χ4n) is 3.13. The SMILES string of the molecule is C=C(C)CC(NCCC)C1CN2CCCC2CO1. The van der Waals surface area contributed by atoms with Crippen molar-refractivity contribution in [2.45, 2.75) is 57.7 Å². The molecule has 0 aromatic carbocycles. The molecule has 3 nitrogen and oxygen atoms in total. The van der Waals surface area contributed by atoms with Crippen molar-refractivity contribution in [3.05, 3.63) is 12.2 Å². The van der Waals surface area contributed by atoms with Crippen LogP contribution in [-0.2, 0) is 4.74 Å². The summed E-state index contributed by atoms with van der Waals surface area (Å²) in [6.07, 6.45) is 5.20. The van der Waals surface area contributed by atoms with E-state index in [1.807, 2.05) is 0 Å². The van der Waals surface area contributed by atoms with E-state index in [0.29, 0.717) is 18.2 Å². The van der Waals surface area contributed by atoms with Crippen LogP contribution in [-0.4, -0.2) is 49.3 Å². The van der Waals surface area contributed by atoms with Crippen LogP contribution in [0.15, 0.2) is 12.2 Å². The van der Waals surface area contributed by atoms with Gasteiger partial charge in [-0.2, -0.15) is 0 Å². The third kappa shape index (κ3) is 3.56. The maximum Gasteiger partial charge on any atom is 0.0858 e. The number of hydrogen-bond acceptors (Lipinski definition) is 3. The fraction of sp³-hybridized carbons (Fsp3) is 0.867. The Morgan fingerprint density at radius 3 is 3.11 bits per heavy atom. The highest BCUT2D eigenvalue weighted by Crippen LogP contribution is 2.25. The van der Waals surface area contributed by atoms with Gasteiger partial charge in [0.25, 0.3) is 0 Å². The molecule has 0 spiro atoms. The van der Waals surface area contributed by atoms with Crippen LogP contribution in [0.25, 0.3) is 0 Å². The average molecular weight is 252 g/mol. The van der Waals surface area contributed by atoms with Gasteiger partial charge in [-0.25, -0.2) is 0 Å². The molecule has 0 amide bonds. The molecule has 2 aliphatic rings. The normalized spacial score (nSPS) is 30.1. The van der Waals surface area contributed by atoms with Crippen molar-refractivity contribution in [1.29, 1.82) is 0 Å². The molecule has 2 fully saturated rings. The summed E-state index contributed by atoms with van der Waals surface area (Å²) in [5.41, 5.74) is 1.25. The van der Waals surface area contributed by atoms with Crippen molar-refractivity contribution in [3.63, 3.8) is 0 Å². The summed E-state index contributed by atoms with van der Waals surface area (Å²) < 4.78 is 6.11. The average Bonchev–Trinajstić information content (AvgIpc) is 2.81. The van der Waals surface area contributed by atoms with E-state index >= 15 is 0 Å². The minimum Gasteiger partial charge on any atom is -0.374 e. The standard InChI is InChI=1S/C15H28N2O/c1-4-7-16-14(9-12(2)3)15-10-17-8-5-6-13(17)11-18-15/h13-16H,2,4-11H2,1,3H3. The van der Waals surface area contributed by atoms with E-state index in [2.05, 4.69) is 30.6 Å². The molecule has 0 radical (unpaired) electrons. The lowest BCUT2D eigenvalue weighted by atomic mass is 10.0. The summed E-state index contributed by atoms with van der Waals surface area (Å²) in [5, 5.41) is 3.64. The molecule has 2 saturated heterocycles. The van der Waals surface area contributed by atoms with Crippen LogP contribution >= 0.6 is 0 Å². The van der Waals surface area contributed by atoms with Crippen molar-refractivity contribution in [1.82, 2.24) is 10.2 Å². The largest absolute Gasteiger partial charge is 0.374 e. The Labute approximate surface area is 112 Å². The molecule has 1 N–H and O–H groups in total. The van der Waals surface area contributed by atoms with E-state index in [9.17, 15) is 0 Å². The molecular formula is C15H28N2O. The van der Waals surface area contributed by atoms with Crippen molar-refractivity contribution < 1.29 is 4.74 Å². The number of morpholine rings is 1. The van der Waals surface area contributed by atoms with Gasteiger partial charge < -0.3 is 10.1 Å². The zero-order chi connectivity index (χ0) is 13.0. The molecule has 0 saturated carbocycles. The number of rotatable bonds is 6. The number of ether oxygens (including phenoxy) is 1. The highest BCUT2D eigenvalue weighted by molar-refractivity contribution is 4.98. The van der Waals surface area contributed by atoms with E-state index in [-0.39, 0.29) is 0 Å². The first-order valence-corrected chi connectivity index (χ1v) is 7.44. The molecule has 0 aromatic rings. The third-order valence-electron chi connectivity index (χ3n) is 4.09. The molecule has 104 valence electrons. The van der Waals surface area contributed by atoms with E-state index in [0.717, 1.165) is 26.1 Å². The zero-order valence-corrected chi connectivity index (χ0v) is 12.0. The topological polar surface area (TPSA) is 24.5 Å². The molecule has 0 aliphatic carbocycles. The number of hydrogen-bond donors (Lipinski definition) is 1. The lowest BCUT2D eigenvalue weighted by Gasteiger charge is -2.39. The second-order valence-electron chi connectivity index (χ2n) is 5.88. The van der Waals surface area contributed by atoms with Crippen LogP contribution in [0.5, 0.6) is 0 Å². The van der Waals surface area contributed by atoms with Gasteiger partial charge in [0.2, 0.25) is 0 Å². The predicted octanol–water partition coefficient (Wildman–Crippen LogP) is 2.18. The summed E-state index contributed by atoms with van der Waals surface area (Å²) >= 11 is 0. The fourth-order valence-corrected chi connectivity index (χ4v) is 3.13. The highest BCUT2D eigenvalue weighted by Gasteiger charge is 2.35.